The molecule has 0 bridgehead atoms. The van der Waals surface area contributed by atoms with Crippen LogP contribution < -0.4 is 5.32 Å². The molecule has 1 aromatic rings. The highest BCUT2D eigenvalue weighted by Crippen LogP contribution is 2.09. The van der Waals surface area contributed by atoms with E-state index in [1.807, 2.05) is 13.0 Å². The van der Waals surface area contributed by atoms with Crippen LogP contribution in [0.15, 0.2) is 18.3 Å². The summed E-state index contributed by atoms with van der Waals surface area (Å²) in [5, 5.41) is 20.5. The van der Waals surface area contributed by atoms with Crippen molar-refractivity contribution in [3.8, 4) is 6.07 Å². The number of aliphatic hydroxyl groups is 1. The molecule has 0 spiro atoms. The summed E-state index contributed by atoms with van der Waals surface area (Å²) in [6, 6.07) is 4.95. The maximum atomic E-state index is 11.8. The van der Waals surface area contributed by atoms with Crippen LogP contribution in [0.2, 0.25) is 0 Å². The Bertz CT molecular complexity index is 430. The zero-order chi connectivity index (χ0) is 12.9. The van der Waals surface area contributed by atoms with E-state index in [2.05, 4.69) is 10.3 Å². The maximum Gasteiger partial charge on any atom is 0.270 e. The predicted octanol–water partition coefficient (Wildman–Crippen LogP) is 0.844. The van der Waals surface area contributed by atoms with E-state index in [0.717, 1.165) is 0 Å². The second-order valence-corrected chi connectivity index (χ2v) is 4.07. The van der Waals surface area contributed by atoms with E-state index in [1.54, 1.807) is 6.92 Å². The third-order valence-corrected chi connectivity index (χ3v) is 2.67. The van der Waals surface area contributed by atoms with Crippen molar-refractivity contribution in [2.24, 2.45) is 0 Å². The number of nitrogens with zero attached hydrogens (tertiary/aromatic N) is 2. The van der Waals surface area contributed by atoms with Crippen LogP contribution >= 0.6 is 0 Å². The lowest BCUT2D eigenvalue weighted by Gasteiger charge is -2.26. The lowest BCUT2D eigenvalue weighted by molar-refractivity contribution is 0.0842. The first-order valence-electron chi connectivity index (χ1n) is 5.34. The maximum absolute atomic E-state index is 11.8. The Morgan fingerprint density at radius 3 is 2.76 bits per heavy atom. The van der Waals surface area contributed by atoms with Crippen LogP contribution in [0, 0.1) is 11.3 Å². The number of amides is 1. The molecule has 0 aliphatic carbocycles. The molecule has 1 atom stereocenters. The molecular formula is C12H15N3O2. The molecule has 0 aromatic carbocycles. The van der Waals surface area contributed by atoms with Gasteiger partial charge in [0.15, 0.2) is 0 Å². The van der Waals surface area contributed by atoms with Crippen LogP contribution in [-0.2, 0) is 0 Å². The molecule has 0 aliphatic rings. The lowest BCUT2D eigenvalue weighted by Crippen LogP contribution is -2.48. The SMILES string of the molecule is CCC(C)(CO)NC(=O)c1ccc(C#N)cn1. The average Bonchev–Trinajstić information content (AvgIpc) is 2.38. The van der Waals surface area contributed by atoms with Crippen molar-refractivity contribution in [2.45, 2.75) is 25.8 Å². The molecule has 0 saturated heterocycles. The van der Waals surface area contributed by atoms with Gasteiger partial charge in [0.25, 0.3) is 5.91 Å². The van der Waals surface area contributed by atoms with Crippen molar-refractivity contribution in [2.75, 3.05) is 6.61 Å². The van der Waals surface area contributed by atoms with Crippen molar-refractivity contribution in [3.63, 3.8) is 0 Å². The van der Waals surface area contributed by atoms with Gasteiger partial charge in [0, 0.05) is 6.20 Å². The van der Waals surface area contributed by atoms with Gasteiger partial charge < -0.3 is 10.4 Å². The fraction of sp³-hybridized carbons (Fsp3) is 0.417. The average molecular weight is 233 g/mol. The molecule has 1 rings (SSSR count). The summed E-state index contributed by atoms with van der Waals surface area (Å²) in [5.74, 6) is -0.354. The molecule has 17 heavy (non-hydrogen) atoms. The molecule has 1 heterocycles. The monoisotopic (exact) mass is 233 g/mol. The summed E-state index contributed by atoms with van der Waals surface area (Å²) < 4.78 is 0. The van der Waals surface area contributed by atoms with E-state index < -0.39 is 5.54 Å². The predicted molar refractivity (Wildman–Crippen MR) is 62.2 cm³/mol. The number of aliphatic hydroxyl groups excluding tert-OH is 1. The van der Waals surface area contributed by atoms with Crippen molar-refractivity contribution in [3.05, 3.63) is 29.6 Å². The summed E-state index contributed by atoms with van der Waals surface area (Å²) in [4.78, 5) is 15.7. The van der Waals surface area contributed by atoms with Crippen LogP contribution in [0.3, 0.4) is 0 Å². The van der Waals surface area contributed by atoms with Crippen molar-refractivity contribution >= 4 is 5.91 Å². The van der Waals surface area contributed by atoms with E-state index in [0.29, 0.717) is 12.0 Å². The Morgan fingerprint density at radius 1 is 1.65 bits per heavy atom. The van der Waals surface area contributed by atoms with Gasteiger partial charge in [-0.25, -0.2) is 4.98 Å². The van der Waals surface area contributed by atoms with Gasteiger partial charge in [-0.15, -0.1) is 0 Å². The van der Waals surface area contributed by atoms with Gasteiger partial charge in [0.2, 0.25) is 0 Å². The van der Waals surface area contributed by atoms with Gasteiger partial charge in [0.05, 0.1) is 17.7 Å². The quantitative estimate of drug-likeness (QED) is 0.807. The Hall–Kier alpha value is -1.93. The topological polar surface area (TPSA) is 86.0 Å². The summed E-state index contributed by atoms with van der Waals surface area (Å²) >= 11 is 0. The first-order valence-corrected chi connectivity index (χ1v) is 5.34. The van der Waals surface area contributed by atoms with Crippen LogP contribution in [0.4, 0.5) is 0 Å². The van der Waals surface area contributed by atoms with Gasteiger partial charge in [-0.05, 0) is 25.5 Å². The zero-order valence-electron chi connectivity index (χ0n) is 9.90. The Labute approximate surface area is 100 Å². The lowest BCUT2D eigenvalue weighted by atomic mass is 10.00. The number of hydrogen-bond acceptors (Lipinski definition) is 4. The van der Waals surface area contributed by atoms with Crippen LogP contribution in [-0.4, -0.2) is 28.1 Å². The van der Waals surface area contributed by atoms with E-state index in [1.165, 1.54) is 18.3 Å². The number of pyridine rings is 1. The number of nitrogens with one attached hydrogen (secondary N) is 1. The highest BCUT2D eigenvalue weighted by Gasteiger charge is 2.24. The van der Waals surface area contributed by atoms with Gasteiger partial charge in [-0.3, -0.25) is 4.79 Å². The molecule has 5 heteroatoms. The molecule has 0 fully saturated rings. The fourth-order valence-electron chi connectivity index (χ4n) is 1.17. The number of aromatic nitrogens is 1. The number of nitriles is 1. The van der Waals surface area contributed by atoms with Gasteiger partial charge in [0.1, 0.15) is 11.8 Å². The Morgan fingerprint density at radius 2 is 2.35 bits per heavy atom. The third kappa shape index (κ3) is 3.26. The molecule has 90 valence electrons. The van der Waals surface area contributed by atoms with E-state index in [-0.39, 0.29) is 18.2 Å². The first kappa shape index (κ1) is 13.1. The van der Waals surface area contributed by atoms with Crippen molar-refractivity contribution < 1.29 is 9.90 Å². The van der Waals surface area contributed by atoms with Crippen LogP contribution in [0.1, 0.15) is 36.3 Å². The smallest absolute Gasteiger partial charge is 0.270 e. The Kier molecular flexibility index (Phi) is 4.18. The summed E-state index contributed by atoms with van der Waals surface area (Å²) in [6.07, 6.45) is 1.96. The van der Waals surface area contributed by atoms with Crippen LogP contribution in [0.25, 0.3) is 0 Å². The minimum atomic E-state index is -0.646. The molecule has 5 nitrogen and oxygen atoms in total. The molecule has 0 saturated carbocycles. The fourth-order valence-corrected chi connectivity index (χ4v) is 1.17. The highest BCUT2D eigenvalue weighted by molar-refractivity contribution is 5.92. The molecule has 0 radical (unpaired) electrons. The van der Waals surface area contributed by atoms with Crippen molar-refractivity contribution in [1.29, 1.82) is 5.26 Å². The number of hydrogen-bond donors (Lipinski definition) is 2. The number of carbonyl (C=O) groups excluding carboxylic acids is 1. The third-order valence-electron chi connectivity index (χ3n) is 2.67. The van der Waals surface area contributed by atoms with E-state index in [9.17, 15) is 9.90 Å². The number of rotatable bonds is 4. The minimum Gasteiger partial charge on any atom is -0.394 e. The van der Waals surface area contributed by atoms with Crippen LogP contribution in [0.5, 0.6) is 0 Å². The second-order valence-electron chi connectivity index (χ2n) is 4.07. The number of carbonyl (C=O) groups is 1. The van der Waals surface area contributed by atoms with Crippen molar-refractivity contribution in [1.82, 2.24) is 10.3 Å². The molecular weight excluding hydrogens is 218 g/mol. The first-order chi connectivity index (χ1) is 8.04. The molecule has 0 aliphatic heterocycles. The summed E-state index contributed by atoms with van der Waals surface area (Å²) in [5.41, 5.74) is -0.00812. The molecule has 2 N–H and O–H groups in total. The normalized spacial score (nSPS) is 13.5. The Balaban J connectivity index is 2.80. The second kappa shape index (κ2) is 5.41. The van der Waals surface area contributed by atoms with E-state index in [4.69, 9.17) is 5.26 Å². The minimum absolute atomic E-state index is 0.133. The zero-order valence-corrected chi connectivity index (χ0v) is 9.90. The standard InChI is InChI=1S/C12H15N3O2/c1-3-12(2,8-16)15-11(17)10-5-4-9(6-13)7-14-10/h4-5,7,16H,3,8H2,1-2H3,(H,15,17). The largest absolute Gasteiger partial charge is 0.394 e. The summed E-state index contributed by atoms with van der Waals surface area (Å²) in [6.45, 7) is 3.50. The molecule has 1 amide bonds. The highest BCUT2D eigenvalue weighted by atomic mass is 16.3. The van der Waals surface area contributed by atoms with Gasteiger partial charge in [-0.1, -0.05) is 6.92 Å². The van der Waals surface area contributed by atoms with E-state index >= 15 is 0 Å². The van der Waals surface area contributed by atoms with Gasteiger partial charge in [-0.2, -0.15) is 5.26 Å². The summed E-state index contributed by atoms with van der Waals surface area (Å²) in [7, 11) is 0. The molecule has 1 aromatic heterocycles. The van der Waals surface area contributed by atoms with Gasteiger partial charge >= 0.3 is 0 Å². The molecule has 1 unspecified atom stereocenters.